The number of carbonyl (C=O) groups excluding carboxylic acids is 1. The number of carbonyl (C=O) groups is 1. The molecule has 2 aromatic carbocycles. The number of anilines is 1. The molecule has 0 radical (unpaired) electrons. The number of benzene rings is 2. The van der Waals surface area contributed by atoms with Crippen molar-refractivity contribution >= 4 is 23.2 Å². The molecule has 4 nitrogen and oxygen atoms in total. The fourth-order valence-electron chi connectivity index (χ4n) is 3.01. The lowest BCUT2D eigenvalue weighted by Crippen LogP contribution is -2.35. The third-order valence-corrected chi connectivity index (χ3v) is 4.47. The van der Waals surface area contributed by atoms with Crippen LogP contribution >= 0.6 is 11.6 Å². The van der Waals surface area contributed by atoms with Gasteiger partial charge in [0.1, 0.15) is 0 Å². The van der Waals surface area contributed by atoms with Crippen LogP contribution in [0.2, 0.25) is 5.02 Å². The van der Waals surface area contributed by atoms with Crippen LogP contribution in [0.25, 0.3) is 11.3 Å². The molecule has 0 saturated heterocycles. The molecule has 1 aliphatic heterocycles. The second-order valence-electron chi connectivity index (χ2n) is 5.77. The average molecular weight is 339 g/mol. The van der Waals surface area contributed by atoms with Crippen molar-refractivity contribution in [3.05, 3.63) is 70.9 Å². The van der Waals surface area contributed by atoms with Gasteiger partial charge in [-0.25, -0.2) is 0 Å². The Hall–Kier alpha value is -2.59. The Labute approximate surface area is 144 Å². The Morgan fingerprint density at radius 1 is 1.12 bits per heavy atom. The molecule has 24 heavy (non-hydrogen) atoms. The summed E-state index contributed by atoms with van der Waals surface area (Å²) in [5.41, 5.74) is 3.31. The second kappa shape index (κ2) is 6.13. The zero-order valence-electron chi connectivity index (χ0n) is 12.9. The van der Waals surface area contributed by atoms with E-state index in [9.17, 15) is 4.79 Å². The van der Waals surface area contributed by atoms with E-state index in [0.29, 0.717) is 23.0 Å². The SMILES string of the molecule is O=C(c1cc(-c2ccc(Cl)cc2)on1)N1CCCc2ccccc21. The summed E-state index contributed by atoms with van der Waals surface area (Å²) < 4.78 is 5.35. The van der Waals surface area contributed by atoms with Gasteiger partial charge in [0.25, 0.3) is 5.91 Å². The summed E-state index contributed by atoms with van der Waals surface area (Å²) in [4.78, 5) is 14.6. The van der Waals surface area contributed by atoms with Crippen LogP contribution in [0.5, 0.6) is 0 Å². The van der Waals surface area contributed by atoms with Gasteiger partial charge in [0, 0.05) is 28.9 Å². The molecule has 5 heteroatoms. The molecule has 0 bridgehead atoms. The molecule has 0 unspecified atom stereocenters. The van der Waals surface area contributed by atoms with Crippen LogP contribution < -0.4 is 4.90 Å². The summed E-state index contributed by atoms with van der Waals surface area (Å²) in [5, 5.41) is 4.62. The summed E-state index contributed by atoms with van der Waals surface area (Å²) in [6, 6.07) is 16.9. The standard InChI is InChI=1S/C19H15ClN2O2/c20-15-9-7-14(8-10-15)18-12-16(21-24-18)19(23)22-11-3-5-13-4-1-2-6-17(13)22/h1-2,4,6-10,12H,3,5,11H2. The second-order valence-corrected chi connectivity index (χ2v) is 6.21. The molecule has 0 spiro atoms. The number of amides is 1. The topological polar surface area (TPSA) is 46.3 Å². The van der Waals surface area contributed by atoms with Gasteiger partial charge in [0.05, 0.1) is 0 Å². The zero-order valence-corrected chi connectivity index (χ0v) is 13.7. The summed E-state index contributed by atoms with van der Waals surface area (Å²) in [5.74, 6) is 0.423. The number of aromatic nitrogens is 1. The molecular formula is C19H15ClN2O2. The fourth-order valence-corrected chi connectivity index (χ4v) is 3.14. The average Bonchev–Trinajstić information content (AvgIpc) is 3.11. The minimum absolute atomic E-state index is 0.133. The normalized spacial score (nSPS) is 13.6. The molecule has 0 fully saturated rings. The number of para-hydroxylation sites is 1. The molecule has 2 heterocycles. The summed E-state index contributed by atoms with van der Waals surface area (Å²) >= 11 is 5.90. The maximum atomic E-state index is 12.8. The summed E-state index contributed by atoms with van der Waals surface area (Å²) in [6.45, 7) is 0.693. The highest BCUT2D eigenvalue weighted by Crippen LogP contribution is 2.29. The third kappa shape index (κ3) is 2.69. The van der Waals surface area contributed by atoms with Crippen LogP contribution in [0.1, 0.15) is 22.5 Å². The minimum atomic E-state index is -0.133. The van der Waals surface area contributed by atoms with Crippen molar-refractivity contribution < 1.29 is 9.32 Å². The van der Waals surface area contributed by atoms with Crippen LogP contribution in [0.4, 0.5) is 5.69 Å². The predicted octanol–water partition coefficient (Wildman–Crippen LogP) is 4.59. The highest BCUT2D eigenvalue weighted by atomic mass is 35.5. The maximum absolute atomic E-state index is 12.8. The van der Waals surface area contributed by atoms with Crippen LogP contribution in [0, 0.1) is 0 Å². The molecule has 1 amide bonds. The van der Waals surface area contributed by atoms with E-state index in [2.05, 4.69) is 11.2 Å². The van der Waals surface area contributed by atoms with Crippen molar-refractivity contribution in [3.8, 4) is 11.3 Å². The largest absolute Gasteiger partial charge is 0.355 e. The Morgan fingerprint density at radius 2 is 1.92 bits per heavy atom. The number of hydrogen-bond donors (Lipinski definition) is 0. The molecule has 0 N–H and O–H groups in total. The number of hydrogen-bond acceptors (Lipinski definition) is 3. The van der Waals surface area contributed by atoms with E-state index in [1.807, 2.05) is 30.3 Å². The Kier molecular flexibility index (Phi) is 3.82. The summed E-state index contributed by atoms with van der Waals surface area (Å²) in [6.07, 6.45) is 1.94. The van der Waals surface area contributed by atoms with Crippen LogP contribution in [-0.2, 0) is 6.42 Å². The number of rotatable bonds is 2. The van der Waals surface area contributed by atoms with Gasteiger partial charge in [-0.1, -0.05) is 35.0 Å². The van der Waals surface area contributed by atoms with Gasteiger partial charge in [-0.3, -0.25) is 4.79 Å². The van der Waals surface area contributed by atoms with E-state index in [4.69, 9.17) is 16.1 Å². The van der Waals surface area contributed by atoms with Crippen molar-refractivity contribution in [2.45, 2.75) is 12.8 Å². The van der Waals surface area contributed by atoms with Crippen molar-refractivity contribution in [3.63, 3.8) is 0 Å². The summed E-state index contributed by atoms with van der Waals surface area (Å²) in [7, 11) is 0. The van der Waals surface area contributed by atoms with E-state index >= 15 is 0 Å². The van der Waals surface area contributed by atoms with Crippen molar-refractivity contribution in [1.82, 2.24) is 5.16 Å². The third-order valence-electron chi connectivity index (χ3n) is 4.21. The fraction of sp³-hybridized carbons (Fsp3) is 0.158. The number of nitrogens with zero attached hydrogens (tertiary/aromatic N) is 2. The van der Waals surface area contributed by atoms with Crippen molar-refractivity contribution in [2.24, 2.45) is 0 Å². The van der Waals surface area contributed by atoms with Gasteiger partial charge in [-0.15, -0.1) is 0 Å². The van der Waals surface area contributed by atoms with E-state index in [1.165, 1.54) is 5.56 Å². The lowest BCUT2D eigenvalue weighted by molar-refractivity contribution is 0.0976. The zero-order chi connectivity index (χ0) is 16.5. The Balaban J connectivity index is 1.63. The first kappa shape index (κ1) is 15.0. The van der Waals surface area contributed by atoms with E-state index in [-0.39, 0.29) is 5.91 Å². The highest BCUT2D eigenvalue weighted by molar-refractivity contribution is 6.30. The predicted molar refractivity (Wildman–Crippen MR) is 93.4 cm³/mol. The Bertz CT molecular complexity index is 886. The molecule has 120 valence electrons. The molecule has 1 aliphatic rings. The molecule has 4 rings (SSSR count). The first-order valence-electron chi connectivity index (χ1n) is 7.85. The lowest BCUT2D eigenvalue weighted by atomic mass is 10.0. The van der Waals surface area contributed by atoms with Gasteiger partial charge in [0.2, 0.25) is 0 Å². The number of fused-ring (bicyclic) bond motifs is 1. The smallest absolute Gasteiger partial charge is 0.280 e. The van der Waals surface area contributed by atoms with Gasteiger partial charge in [-0.2, -0.15) is 0 Å². The lowest BCUT2D eigenvalue weighted by Gasteiger charge is -2.28. The maximum Gasteiger partial charge on any atom is 0.280 e. The van der Waals surface area contributed by atoms with Gasteiger partial charge >= 0.3 is 0 Å². The highest BCUT2D eigenvalue weighted by Gasteiger charge is 2.25. The van der Waals surface area contributed by atoms with Crippen LogP contribution in [0.3, 0.4) is 0 Å². The molecule has 1 aromatic heterocycles. The number of aryl methyl sites for hydroxylation is 1. The van der Waals surface area contributed by atoms with Crippen molar-refractivity contribution in [2.75, 3.05) is 11.4 Å². The van der Waals surface area contributed by atoms with Gasteiger partial charge in [-0.05, 0) is 48.7 Å². The van der Waals surface area contributed by atoms with Crippen LogP contribution in [0.15, 0.2) is 59.1 Å². The first-order chi connectivity index (χ1) is 11.7. The van der Waals surface area contributed by atoms with Gasteiger partial charge in [0.15, 0.2) is 11.5 Å². The molecule has 0 atom stereocenters. The number of halogens is 1. The van der Waals surface area contributed by atoms with E-state index in [0.717, 1.165) is 24.1 Å². The monoisotopic (exact) mass is 338 g/mol. The molecule has 0 saturated carbocycles. The minimum Gasteiger partial charge on any atom is -0.355 e. The molecule has 0 aliphatic carbocycles. The quantitative estimate of drug-likeness (QED) is 0.686. The molecular weight excluding hydrogens is 324 g/mol. The van der Waals surface area contributed by atoms with E-state index in [1.54, 1.807) is 23.1 Å². The molecule has 3 aromatic rings. The van der Waals surface area contributed by atoms with Crippen LogP contribution in [-0.4, -0.2) is 17.6 Å². The van der Waals surface area contributed by atoms with E-state index < -0.39 is 0 Å². The van der Waals surface area contributed by atoms with Crippen molar-refractivity contribution in [1.29, 1.82) is 0 Å². The first-order valence-corrected chi connectivity index (χ1v) is 8.22. The Morgan fingerprint density at radius 3 is 2.75 bits per heavy atom. The van der Waals surface area contributed by atoms with Gasteiger partial charge < -0.3 is 9.42 Å².